The summed E-state index contributed by atoms with van der Waals surface area (Å²) in [5.74, 6) is 0. The lowest BCUT2D eigenvalue weighted by molar-refractivity contribution is 0.129. The van der Waals surface area contributed by atoms with Crippen LogP contribution in [-0.2, 0) is 16.1 Å². The quantitative estimate of drug-likeness (QED) is 0.615. The number of carbonyl (C=O) groups is 1. The molecule has 0 unspecified atom stereocenters. The van der Waals surface area contributed by atoms with Gasteiger partial charge in [-0.25, -0.2) is 4.79 Å². The van der Waals surface area contributed by atoms with Crippen LogP contribution in [-0.4, -0.2) is 32.4 Å². The Morgan fingerprint density at radius 3 is 2.64 bits per heavy atom. The van der Waals surface area contributed by atoms with Gasteiger partial charge in [-0.1, -0.05) is 31.5 Å². The molecule has 0 bridgehead atoms. The molecule has 1 aromatic carbocycles. The fraction of sp³-hybridized carbons (Fsp3) is 0.588. The third-order valence-corrected chi connectivity index (χ3v) is 3.12. The zero-order valence-electron chi connectivity index (χ0n) is 13.7. The number of anilines is 1. The molecule has 2 amide bonds. The van der Waals surface area contributed by atoms with Gasteiger partial charge < -0.3 is 20.1 Å². The number of ether oxygens (including phenoxy) is 2. The van der Waals surface area contributed by atoms with Gasteiger partial charge in [0.2, 0.25) is 0 Å². The Labute approximate surface area is 133 Å². The molecule has 0 radical (unpaired) electrons. The molecule has 0 aliphatic rings. The largest absolute Gasteiger partial charge is 0.381 e. The summed E-state index contributed by atoms with van der Waals surface area (Å²) in [4.78, 5) is 11.9. The van der Waals surface area contributed by atoms with Crippen molar-refractivity contribution in [1.29, 1.82) is 0 Å². The van der Waals surface area contributed by atoms with Crippen LogP contribution < -0.4 is 10.6 Å². The van der Waals surface area contributed by atoms with Crippen molar-refractivity contribution in [2.45, 2.75) is 39.7 Å². The van der Waals surface area contributed by atoms with Gasteiger partial charge in [-0.05, 0) is 25.8 Å². The number of nitrogens with one attached hydrogen (secondary N) is 2. The average Bonchev–Trinajstić information content (AvgIpc) is 2.53. The molecule has 5 heteroatoms. The zero-order valence-corrected chi connectivity index (χ0v) is 13.7. The molecule has 0 atom stereocenters. The predicted molar refractivity (Wildman–Crippen MR) is 89.1 cm³/mol. The molecule has 0 aromatic heterocycles. The van der Waals surface area contributed by atoms with Crippen molar-refractivity contribution in [2.75, 3.05) is 31.7 Å². The first-order chi connectivity index (χ1) is 10.8. The fourth-order valence-electron chi connectivity index (χ4n) is 1.87. The van der Waals surface area contributed by atoms with E-state index in [1.807, 2.05) is 31.2 Å². The monoisotopic (exact) mass is 308 g/mol. The van der Waals surface area contributed by atoms with Crippen LogP contribution in [0.5, 0.6) is 0 Å². The molecule has 1 rings (SSSR count). The minimum atomic E-state index is -0.197. The van der Waals surface area contributed by atoms with E-state index in [1.165, 1.54) is 0 Å². The number of amides is 2. The second-order valence-corrected chi connectivity index (χ2v) is 4.99. The van der Waals surface area contributed by atoms with E-state index in [4.69, 9.17) is 9.47 Å². The summed E-state index contributed by atoms with van der Waals surface area (Å²) in [7, 11) is 0. The molecule has 1 aromatic rings. The predicted octanol–water partition coefficient (Wildman–Crippen LogP) is 3.55. The molecule has 0 heterocycles. The highest BCUT2D eigenvalue weighted by Gasteiger charge is 2.05. The summed E-state index contributed by atoms with van der Waals surface area (Å²) in [5.41, 5.74) is 1.76. The maximum absolute atomic E-state index is 11.9. The van der Waals surface area contributed by atoms with E-state index in [0.29, 0.717) is 26.4 Å². The van der Waals surface area contributed by atoms with Gasteiger partial charge in [-0.3, -0.25) is 0 Å². The number of carbonyl (C=O) groups excluding carboxylic acids is 1. The molecular weight excluding hydrogens is 280 g/mol. The van der Waals surface area contributed by atoms with Crippen LogP contribution in [0, 0.1) is 0 Å². The number of para-hydroxylation sites is 1. The minimum Gasteiger partial charge on any atom is -0.381 e. The Kier molecular flexibility index (Phi) is 10.1. The maximum atomic E-state index is 11.9. The van der Waals surface area contributed by atoms with Crippen molar-refractivity contribution in [1.82, 2.24) is 5.32 Å². The van der Waals surface area contributed by atoms with E-state index >= 15 is 0 Å². The summed E-state index contributed by atoms with van der Waals surface area (Å²) in [6.45, 7) is 7.32. The summed E-state index contributed by atoms with van der Waals surface area (Å²) >= 11 is 0. The average molecular weight is 308 g/mol. The second kappa shape index (κ2) is 12.0. The van der Waals surface area contributed by atoms with E-state index in [9.17, 15) is 4.79 Å². The number of benzene rings is 1. The van der Waals surface area contributed by atoms with E-state index in [2.05, 4.69) is 17.6 Å². The normalized spacial score (nSPS) is 10.5. The second-order valence-electron chi connectivity index (χ2n) is 4.99. The molecule has 0 fully saturated rings. The van der Waals surface area contributed by atoms with Crippen LogP contribution in [0.4, 0.5) is 10.5 Å². The van der Waals surface area contributed by atoms with Gasteiger partial charge in [0.05, 0.1) is 6.61 Å². The first-order valence-corrected chi connectivity index (χ1v) is 8.06. The minimum absolute atomic E-state index is 0.197. The number of hydrogen-bond donors (Lipinski definition) is 2. The van der Waals surface area contributed by atoms with Gasteiger partial charge in [0, 0.05) is 37.6 Å². The lowest BCUT2D eigenvalue weighted by atomic mass is 10.2. The first kappa shape index (κ1) is 18.5. The molecule has 22 heavy (non-hydrogen) atoms. The van der Waals surface area contributed by atoms with Crippen LogP contribution in [0.3, 0.4) is 0 Å². The Bertz CT molecular complexity index is 424. The van der Waals surface area contributed by atoms with Gasteiger partial charge in [0.1, 0.15) is 0 Å². The van der Waals surface area contributed by atoms with Crippen LogP contribution in [0.1, 0.15) is 38.7 Å². The topological polar surface area (TPSA) is 59.6 Å². The molecule has 0 aliphatic carbocycles. The van der Waals surface area contributed by atoms with Crippen molar-refractivity contribution in [3.63, 3.8) is 0 Å². The van der Waals surface area contributed by atoms with Crippen LogP contribution in [0.2, 0.25) is 0 Å². The van der Waals surface area contributed by atoms with Gasteiger partial charge in [-0.2, -0.15) is 0 Å². The van der Waals surface area contributed by atoms with Gasteiger partial charge in [-0.15, -0.1) is 0 Å². The standard InChI is InChI=1S/C17H28N2O3/c1-3-5-12-22-13-8-11-18-17(20)19-16-10-7-6-9-15(16)14-21-4-2/h6-7,9-10H,3-5,8,11-14H2,1-2H3,(H2,18,19,20). The highest BCUT2D eigenvalue weighted by Crippen LogP contribution is 2.15. The molecule has 0 aliphatic heterocycles. The first-order valence-electron chi connectivity index (χ1n) is 8.06. The smallest absolute Gasteiger partial charge is 0.319 e. The number of rotatable bonds is 11. The lowest BCUT2D eigenvalue weighted by Crippen LogP contribution is -2.30. The van der Waals surface area contributed by atoms with E-state index in [1.54, 1.807) is 0 Å². The Hall–Kier alpha value is -1.59. The number of unbranched alkanes of at least 4 members (excludes halogenated alkanes) is 1. The number of hydrogen-bond acceptors (Lipinski definition) is 3. The molecule has 0 saturated heterocycles. The van der Waals surface area contributed by atoms with Gasteiger partial charge in [0.25, 0.3) is 0 Å². The highest BCUT2D eigenvalue weighted by atomic mass is 16.5. The van der Waals surface area contributed by atoms with Crippen molar-refractivity contribution in [3.05, 3.63) is 29.8 Å². The molecule has 124 valence electrons. The Morgan fingerprint density at radius 1 is 1.09 bits per heavy atom. The Morgan fingerprint density at radius 2 is 1.86 bits per heavy atom. The summed E-state index contributed by atoms with van der Waals surface area (Å²) in [5, 5.41) is 5.69. The molecule has 5 nitrogen and oxygen atoms in total. The molecule has 0 spiro atoms. The van der Waals surface area contributed by atoms with Crippen molar-refractivity contribution in [3.8, 4) is 0 Å². The van der Waals surface area contributed by atoms with Gasteiger partial charge >= 0.3 is 6.03 Å². The highest BCUT2D eigenvalue weighted by molar-refractivity contribution is 5.90. The summed E-state index contributed by atoms with van der Waals surface area (Å²) in [6, 6.07) is 7.46. The summed E-state index contributed by atoms with van der Waals surface area (Å²) < 4.78 is 10.8. The van der Waals surface area contributed by atoms with E-state index < -0.39 is 0 Å². The van der Waals surface area contributed by atoms with E-state index in [-0.39, 0.29) is 6.03 Å². The Balaban J connectivity index is 2.24. The third kappa shape index (κ3) is 8.00. The lowest BCUT2D eigenvalue weighted by Gasteiger charge is -2.12. The SMILES string of the molecule is CCCCOCCCNC(=O)Nc1ccccc1COCC. The van der Waals surface area contributed by atoms with Crippen molar-refractivity contribution < 1.29 is 14.3 Å². The van der Waals surface area contributed by atoms with Crippen LogP contribution in [0.15, 0.2) is 24.3 Å². The molecule has 2 N–H and O–H groups in total. The van der Waals surface area contributed by atoms with Crippen LogP contribution in [0.25, 0.3) is 0 Å². The molecule has 0 saturated carbocycles. The zero-order chi connectivity index (χ0) is 16.0. The fourth-order valence-corrected chi connectivity index (χ4v) is 1.87. The third-order valence-electron chi connectivity index (χ3n) is 3.12. The van der Waals surface area contributed by atoms with Gasteiger partial charge in [0.15, 0.2) is 0 Å². The van der Waals surface area contributed by atoms with Crippen molar-refractivity contribution in [2.24, 2.45) is 0 Å². The van der Waals surface area contributed by atoms with Crippen molar-refractivity contribution >= 4 is 11.7 Å². The van der Waals surface area contributed by atoms with Crippen LogP contribution >= 0.6 is 0 Å². The number of urea groups is 1. The molecular formula is C17H28N2O3. The summed E-state index contributed by atoms with van der Waals surface area (Å²) in [6.07, 6.45) is 3.05. The van der Waals surface area contributed by atoms with E-state index in [0.717, 1.165) is 37.1 Å². The maximum Gasteiger partial charge on any atom is 0.319 e.